The standard InChI is InChI=1S/C11H15N3O5S/c12-10-2-1-9(7-11(10)14(15)16)20(17,18)13-8-3-5-19-6-4-8/h1-2,7-8,13H,3-6,12H2. The molecule has 3 N–H and O–H groups in total. The second-order valence-electron chi connectivity index (χ2n) is 4.49. The molecule has 0 saturated carbocycles. The molecule has 0 amide bonds. The van der Waals surface area contributed by atoms with Crippen molar-refractivity contribution in [2.24, 2.45) is 0 Å². The molecular weight excluding hydrogens is 286 g/mol. The van der Waals surface area contributed by atoms with Crippen molar-refractivity contribution in [2.75, 3.05) is 18.9 Å². The Kier molecular flexibility index (Phi) is 4.21. The van der Waals surface area contributed by atoms with Gasteiger partial charge in [-0.2, -0.15) is 0 Å². The number of nitrogen functional groups attached to an aromatic ring is 1. The Morgan fingerprint density at radius 3 is 2.60 bits per heavy atom. The molecule has 110 valence electrons. The molecule has 0 unspecified atom stereocenters. The first-order chi connectivity index (χ1) is 9.40. The molecule has 0 bridgehead atoms. The predicted octanol–water partition coefficient (Wildman–Crippen LogP) is 0.634. The van der Waals surface area contributed by atoms with Gasteiger partial charge in [0, 0.05) is 25.3 Å². The Morgan fingerprint density at radius 1 is 1.35 bits per heavy atom. The summed E-state index contributed by atoms with van der Waals surface area (Å²) < 4.78 is 32.0. The number of hydrogen-bond donors (Lipinski definition) is 2. The van der Waals surface area contributed by atoms with E-state index in [0.29, 0.717) is 26.1 Å². The largest absolute Gasteiger partial charge is 0.393 e. The zero-order chi connectivity index (χ0) is 14.8. The van der Waals surface area contributed by atoms with Gasteiger partial charge in [-0.25, -0.2) is 13.1 Å². The third kappa shape index (κ3) is 3.24. The van der Waals surface area contributed by atoms with Crippen molar-refractivity contribution in [3.05, 3.63) is 28.3 Å². The fourth-order valence-electron chi connectivity index (χ4n) is 1.95. The molecular formula is C11H15N3O5S. The minimum Gasteiger partial charge on any atom is -0.393 e. The number of rotatable bonds is 4. The van der Waals surface area contributed by atoms with E-state index < -0.39 is 20.6 Å². The summed E-state index contributed by atoms with van der Waals surface area (Å²) >= 11 is 0. The highest BCUT2D eigenvalue weighted by Crippen LogP contribution is 2.25. The first-order valence-corrected chi connectivity index (χ1v) is 7.52. The summed E-state index contributed by atoms with van der Waals surface area (Å²) in [7, 11) is -3.80. The number of hydrogen-bond acceptors (Lipinski definition) is 6. The number of anilines is 1. The van der Waals surface area contributed by atoms with Crippen molar-refractivity contribution in [1.82, 2.24) is 4.72 Å². The molecule has 1 aliphatic heterocycles. The average molecular weight is 301 g/mol. The molecule has 20 heavy (non-hydrogen) atoms. The van der Waals surface area contributed by atoms with Crippen molar-refractivity contribution in [1.29, 1.82) is 0 Å². The molecule has 1 heterocycles. The second-order valence-corrected chi connectivity index (χ2v) is 6.20. The van der Waals surface area contributed by atoms with Crippen LogP contribution in [0, 0.1) is 10.1 Å². The van der Waals surface area contributed by atoms with Gasteiger partial charge in [-0.1, -0.05) is 0 Å². The molecule has 1 aromatic rings. The van der Waals surface area contributed by atoms with Crippen LogP contribution in [0.3, 0.4) is 0 Å². The number of sulfonamides is 1. The number of benzene rings is 1. The van der Waals surface area contributed by atoms with Crippen LogP contribution in [0.15, 0.2) is 23.1 Å². The minimum atomic E-state index is -3.80. The summed E-state index contributed by atoms with van der Waals surface area (Å²) in [4.78, 5) is 9.92. The van der Waals surface area contributed by atoms with Crippen LogP contribution in [0.4, 0.5) is 11.4 Å². The lowest BCUT2D eigenvalue weighted by Crippen LogP contribution is -2.38. The maximum atomic E-state index is 12.2. The summed E-state index contributed by atoms with van der Waals surface area (Å²) in [6, 6.07) is 3.22. The Bertz CT molecular complexity index is 610. The number of nitro benzene ring substituents is 1. The summed E-state index contributed by atoms with van der Waals surface area (Å²) in [5.74, 6) is 0. The van der Waals surface area contributed by atoms with E-state index in [1.165, 1.54) is 12.1 Å². The Labute approximate surface area is 116 Å². The van der Waals surface area contributed by atoms with Crippen molar-refractivity contribution >= 4 is 21.4 Å². The van der Waals surface area contributed by atoms with Gasteiger partial charge in [0.25, 0.3) is 5.69 Å². The topological polar surface area (TPSA) is 125 Å². The van der Waals surface area contributed by atoms with Crippen molar-refractivity contribution < 1.29 is 18.1 Å². The molecule has 8 nitrogen and oxygen atoms in total. The van der Waals surface area contributed by atoms with Crippen LogP contribution in [0.2, 0.25) is 0 Å². The smallest absolute Gasteiger partial charge is 0.293 e. The highest BCUT2D eigenvalue weighted by molar-refractivity contribution is 7.89. The number of nitrogens with one attached hydrogen (secondary N) is 1. The fraction of sp³-hybridized carbons (Fsp3) is 0.455. The number of nitro groups is 1. The van der Waals surface area contributed by atoms with Crippen LogP contribution in [0.1, 0.15) is 12.8 Å². The van der Waals surface area contributed by atoms with Gasteiger partial charge in [0.15, 0.2) is 0 Å². The second kappa shape index (κ2) is 5.73. The third-order valence-corrected chi connectivity index (χ3v) is 4.57. The number of nitrogens with two attached hydrogens (primary N) is 1. The molecule has 0 aliphatic carbocycles. The third-order valence-electron chi connectivity index (χ3n) is 3.05. The quantitative estimate of drug-likeness (QED) is 0.477. The van der Waals surface area contributed by atoms with Crippen LogP contribution >= 0.6 is 0 Å². The van der Waals surface area contributed by atoms with Gasteiger partial charge in [-0.3, -0.25) is 10.1 Å². The van der Waals surface area contributed by atoms with E-state index in [0.717, 1.165) is 6.07 Å². The summed E-state index contributed by atoms with van der Waals surface area (Å²) in [5, 5.41) is 10.8. The van der Waals surface area contributed by atoms with E-state index in [1.54, 1.807) is 0 Å². The number of ether oxygens (including phenoxy) is 1. The monoisotopic (exact) mass is 301 g/mol. The Morgan fingerprint density at radius 2 is 2.00 bits per heavy atom. The van der Waals surface area contributed by atoms with E-state index in [2.05, 4.69) is 4.72 Å². The van der Waals surface area contributed by atoms with Gasteiger partial charge in [0.1, 0.15) is 5.69 Å². The number of nitrogens with zero attached hydrogens (tertiary/aromatic N) is 1. The predicted molar refractivity (Wildman–Crippen MR) is 71.7 cm³/mol. The lowest BCUT2D eigenvalue weighted by Gasteiger charge is -2.22. The Hall–Kier alpha value is -1.71. The molecule has 0 spiro atoms. The maximum absolute atomic E-state index is 12.2. The molecule has 0 atom stereocenters. The normalized spacial score (nSPS) is 17.0. The first kappa shape index (κ1) is 14.7. The van der Waals surface area contributed by atoms with Crippen molar-refractivity contribution in [2.45, 2.75) is 23.8 Å². The zero-order valence-corrected chi connectivity index (χ0v) is 11.4. The highest BCUT2D eigenvalue weighted by atomic mass is 32.2. The fourth-order valence-corrected chi connectivity index (χ4v) is 3.28. The summed E-state index contributed by atoms with van der Waals surface area (Å²) in [6.45, 7) is 0.990. The van der Waals surface area contributed by atoms with E-state index >= 15 is 0 Å². The molecule has 1 aromatic carbocycles. The summed E-state index contributed by atoms with van der Waals surface area (Å²) in [6.07, 6.45) is 1.16. The summed E-state index contributed by atoms with van der Waals surface area (Å²) in [5.41, 5.74) is 4.96. The molecule has 1 aliphatic rings. The van der Waals surface area contributed by atoms with Crippen LogP contribution in [0.25, 0.3) is 0 Å². The maximum Gasteiger partial charge on any atom is 0.293 e. The molecule has 9 heteroatoms. The molecule has 1 fully saturated rings. The zero-order valence-electron chi connectivity index (χ0n) is 10.6. The molecule has 0 aromatic heterocycles. The highest BCUT2D eigenvalue weighted by Gasteiger charge is 2.24. The lowest BCUT2D eigenvalue weighted by atomic mass is 10.1. The molecule has 1 saturated heterocycles. The minimum absolute atomic E-state index is 0.0694. The van der Waals surface area contributed by atoms with Gasteiger partial charge in [0.05, 0.1) is 9.82 Å². The van der Waals surface area contributed by atoms with Gasteiger partial charge >= 0.3 is 0 Å². The van der Waals surface area contributed by atoms with Gasteiger partial charge in [-0.15, -0.1) is 0 Å². The Balaban J connectivity index is 2.24. The van der Waals surface area contributed by atoms with Crippen LogP contribution in [0.5, 0.6) is 0 Å². The van der Waals surface area contributed by atoms with Gasteiger partial charge in [-0.05, 0) is 25.0 Å². The van der Waals surface area contributed by atoms with Crippen LogP contribution < -0.4 is 10.5 Å². The molecule has 2 rings (SSSR count). The van der Waals surface area contributed by atoms with Crippen LogP contribution in [-0.2, 0) is 14.8 Å². The van der Waals surface area contributed by atoms with E-state index in [-0.39, 0.29) is 16.6 Å². The van der Waals surface area contributed by atoms with Gasteiger partial charge < -0.3 is 10.5 Å². The van der Waals surface area contributed by atoms with Gasteiger partial charge in [0.2, 0.25) is 10.0 Å². The van der Waals surface area contributed by atoms with E-state index in [9.17, 15) is 18.5 Å². The van der Waals surface area contributed by atoms with Crippen LogP contribution in [-0.4, -0.2) is 32.6 Å². The molecule has 0 radical (unpaired) electrons. The average Bonchev–Trinajstić information content (AvgIpc) is 2.39. The van der Waals surface area contributed by atoms with E-state index in [4.69, 9.17) is 10.5 Å². The van der Waals surface area contributed by atoms with Crippen molar-refractivity contribution in [3.63, 3.8) is 0 Å². The first-order valence-electron chi connectivity index (χ1n) is 6.04. The lowest BCUT2D eigenvalue weighted by molar-refractivity contribution is -0.384. The van der Waals surface area contributed by atoms with E-state index in [1.807, 2.05) is 0 Å². The SMILES string of the molecule is Nc1ccc(S(=O)(=O)NC2CCOCC2)cc1[N+](=O)[O-]. The van der Waals surface area contributed by atoms with Crippen molar-refractivity contribution in [3.8, 4) is 0 Å².